The number of alkyl halides is 4. The van der Waals surface area contributed by atoms with Gasteiger partial charge in [-0.15, -0.1) is 35.5 Å². The first-order valence-corrected chi connectivity index (χ1v) is 39.1. The van der Waals surface area contributed by atoms with Crippen molar-refractivity contribution < 1.29 is 22.3 Å². The average molecular weight is 1370 g/mol. The van der Waals surface area contributed by atoms with Crippen LogP contribution in [-0.2, 0) is 23.0 Å². The highest BCUT2D eigenvalue weighted by atomic mass is 19.3. The lowest BCUT2D eigenvalue weighted by atomic mass is 9.71. The first kappa shape index (κ1) is 89.0. The van der Waals surface area contributed by atoms with Gasteiger partial charge in [-0.25, -0.2) is 8.78 Å². The Kier molecular flexibility index (Phi) is 35.1. The van der Waals surface area contributed by atoms with Crippen LogP contribution in [0.4, 0.5) is 17.6 Å². The fourth-order valence-corrected chi connectivity index (χ4v) is 15.0. The van der Waals surface area contributed by atoms with Gasteiger partial charge in [0.2, 0.25) is 0 Å². The number of fused-ring (bicyclic) bond motifs is 2. The van der Waals surface area contributed by atoms with Gasteiger partial charge in [0.25, 0.3) is 0 Å². The van der Waals surface area contributed by atoms with Crippen molar-refractivity contribution in [3.05, 3.63) is 34.9 Å². The Morgan fingerprint density at radius 3 is 1.51 bits per heavy atom. The molecule has 1 saturated carbocycles. The molecule has 1 heterocycles. The van der Waals surface area contributed by atoms with Crippen molar-refractivity contribution in [2.75, 3.05) is 20.7 Å². The Balaban J connectivity index is 0.000000301. The Morgan fingerprint density at radius 1 is 0.455 bits per heavy atom. The van der Waals surface area contributed by atoms with Crippen LogP contribution in [0.2, 0.25) is 0 Å². The van der Waals surface area contributed by atoms with Gasteiger partial charge in [0.15, 0.2) is 11.3 Å². The van der Waals surface area contributed by atoms with E-state index in [4.69, 9.17) is 4.74 Å². The maximum Gasteiger partial charge on any atom is 0.311 e. The van der Waals surface area contributed by atoms with E-state index in [-0.39, 0.29) is 44.6 Å². The highest BCUT2D eigenvalue weighted by molar-refractivity contribution is 5.37. The van der Waals surface area contributed by atoms with Crippen LogP contribution in [0, 0.1) is 157 Å². The Morgan fingerprint density at radius 2 is 0.970 bits per heavy atom. The molecule has 1 aliphatic heterocycles. The van der Waals surface area contributed by atoms with Gasteiger partial charge in [-0.2, -0.15) is 8.78 Å². The first-order valence-electron chi connectivity index (χ1n) is 39.1. The second-order valence-corrected chi connectivity index (χ2v) is 38.4. The molecule has 99 heavy (non-hydrogen) atoms. The Hall–Kier alpha value is -4.22. The molecule has 9 unspecified atom stereocenters. The maximum atomic E-state index is 14.3. The summed E-state index contributed by atoms with van der Waals surface area (Å²) in [5, 5.41) is 0. The highest BCUT2D eigenvalue weighted by Gasteiger charge is 2.54. The number of nitrogens with zero attached hydrogens (tertiary/aromatic N) is 1. The lowest BCUT2D eigenvalue weighted by Gasteiger charge is -2.47. The molecule has 0 spiro atoms. The van der Waals surface area contributed by atoms with Crippen LogP contribution in [0.3, 0.4) is 0 Å². The normalized spacial score (nSPS) is 28.2. The molecule has 0 saturated heterocycles. The SMILES string of the molecule is CC(C)(C)C1(F)C#CCCCCC1.CC(C)(C)C1C#CCCCCC1.CC(C)(C)C1C2CCC#CCCC21.CC(C)(C)C1CCCCC#CC1(F)F.CC(C)(C)c1ccc2c(c1)CCC#CCC2.CC1(F)C#CCCC(C(C)(C)C)CC1.COC1C(C(C)(C)C)C#CCCN(C)C1(C)C. The number of hydrogen-bond acceptors (Lipinski definition) is 2. The smallest absolute Gasteiger partial charge is 0.311 e. The van der Waals surface area contributed by atoms with E-state index in [1.165, 1.54) is 55.2 Å². The minimum absolute atomic E-state index is 0.0157. The van der Waals surface area contributed by atoms with E-state index in [9.17, 15) is 17.6 Å². The van der Waals surface area contributed by atoms with Gasteiger partial charge >= 0.3 is 5.92 Å². The summed E-state index contributed by atoms with van der Waals surface area (Å²) in [6.07, 6.45) is 28.1. The molecule has 9 rings (SSSR count). The van der Waals surface area contributed by atoms with Gasteiger partial charge in [-0.3, -0.25) is 4.90 Å². The standard InChI is InChI=1S/C16H20.C15H27NO.C13H21F.C13H20.C12H18F2.C12H19F.C12H20/c1-16(2,3)15-11-10-13-8-6-4-5-7-9-14(13)12-15;1-14(2,3)12-10-8-9-11-16(6)15(4,5)13(12)17-7;1-12(2,3)11-7-5-6-9-13(4,14)10-8-11;1-13(2,3)12-10-8-6-4-5-7-9-11(10)12;1-11(2,3)10-8-6-4-5-7-9-12(10,13)14;1-11(2,3)12(13)9-7-5-4-6-8-10-12;1-12(2,3)11-9-7-5-4-6-8-10-11/h10-12H,6-9H2,1-3H3;12-13H,9,11H2,1-7H3;11H,5,7-8,10H2,1-4H3;10-12H,6-9H2,1-3H3;10H,4-6,8H2,1-3H3;4-7,9H2,1-3H3;11H,4-7,9H2,1-3H3. The van der Waals surface area contributed by atoms with E-state index in [1.807, 2.05) is 48.7 Å². The summed E-state index contributed by atoms with van der Waals surface area (Å²) in [7, 11) is 3.97. The summed E-state index contributed by atoms with van der Waals surface area (Å²) in [6.45, 7) is 52.9. The number of methoxy groups -OCH3 is 1. The van der Waals surface area contributed by atoms with Crippen molar-refractivity contribution in [3.63, 3.8) is 0 Å². The van der Waals surface area contributed by atoms with Crippen molar-refractivity contribution in [2.45, 2.75) is 374 Å². The zero-order chi connectivity index (χ0) is 75.0. The van der Waals surface area contributed by atoms with E-state index >= 15 is 0 Å². The Labute approximate surface area is 610 Å². The average Bonchev–Trinajstić information content (AvgIpc) is 1.61. The van der Waals surface area contributed by atoms with E-state index in [1.54, 1.807) is 6.92 Å². The number of likely N-dealkylation sites (N-methyl/N-ethyl adjacent to an activating group) is 1. The summed E-state index contributed by atoms with van der Waals surface area (Å²) >= 11 is 0. The van der Waals surface area contributed by atoms with Crippen LogP contribution in [0.15, 0.2) is 18.2 Å². The molecule has 0 amide bonds. The van der Waals surface area contributed by atoms with Crippen LogP contribution in [0.1, 0.15) is 343 Å². The molecule has 9 atom stereocenters. The van der Waals surface area contributed by atoms with Gasteiger partial charge < -0.3 is 4.74 Å². The molecule has 0 bridgehead atoms. The predicted molar refractivity (Wildman–Crippen MR) is 419 cm³/mol. The van der Waals surface area contributed by atoms with E-state index < -0.39 is 23.2 Å². The molecule has 7 aliphatic carbocycles. The second-order valence-electron chi connectivity index (χ2n) is 38.4. The van der Waals surface area contributed by atoms with E-state index in [0.717, 1.165) is 133 Å². The molecule has 1 fully saturated rings. The quantitative estimate of drug-likeness (QED) is 0.205. The summed E-state index contributed by atoms with van der Waals surface area (Å²) < 4.78 is 61.1. The van der Waals surface area contributed by atoms with E-state index in [2.05, 4.69) is 231 Å². The molecular formula is C93H145F4NO. The lowest BCUT2D eigenvalue weighted by molar-refractivity contribution is -0.0683. The van der Waals surface area contributed by atoms with Gasteiger partial charge in [0, 0.05) is 94.2 Å². The van der Waals surface area contributed by atoms with Crippen LogP contribution < -0.4 is 0 Å². The van der Waals surface area contributed by atoms with Crippen LogP contribution in [-0.4, -0.2) is 54.5 Å². The molecule has 1 aromatic rings. The molecule has 6 heteroatoms. The van der Waals surface area contributed by atoms with Gasteiger partial charge in [-0.1, -0.05) is 231 Å². The number of hydrogen-bond donors (Lipinski definition) is 0. The lowest BCUT2D eigenvalue weighted by Crippen LogP contribution is -2.56. The van der Waals surface area contributed by atoms with Gasteiger partial charge in [-0.05, 0) is 196 Å². The molecule has 0 radical (unpaired) electrons. The molecular weight excluding hydrogens is 1220 g/mol. The number of halogens is 4. The topological polar surface area (TPSA) is 12.5 Å². The second kappa shape index (κ2) is 39.1. The molecule has 8 aliphatic rings. The summed E-state index contributed by atoms with van der Waals surface area (Å²) in [6, 6.07) is 6.99. The number of benzene rings is 1. The third-order valence-electron chi connectivity index (χ3n) is 22.2. The van der Waals surface area contributed by atoms with Gasteiger partial charge in [0.05, 0.1) is 12.0 Å². The molecule has 0 aromatic heterocycles. The zero-order valence-electron chi connectivity index (χ0n) is 68.5. The Bertz CT molecular complexity index is 3060. The van der Waals surface area contributed by atoms with Gasteiger partial charge in [0.1, 0.15) is 0 Å². The third kappa shape index (κ3) is 31.3. The third-order valence-corrected chi connectivity index (χ3v) is 22.2. The maximum absolute atomic E-state index is 14.3. The van der Waals surface area contributed by atoms with Crippen LogP contribution in [0.25, 0.3) is 0 Å². The first-order chi connectivity index (χ1) is 45.6. The van der Waals surface area contributed by atoms with Crippen LogP contribution >= 0.6 is 0 Å². The summed E-state index contributed by atoms with van der Waals surface area (Å²) in [5.74, 6) is 43.7. The summed E-state index contributed by atoms with van der Waals surface area (Å²) in [4.78, 5) is 2.37. The zero-order valence-corrected chi connectivity index (χ0v) is 68.5. The van der Waals surface area contributed by atoms with Crippen LogP contribution in [0.5, 0.6) is 0 Å². The van der Waals surface area contributed by atoms with Crippen molar-refractivity contribution in [1.29, 1.82) is 0 Å². The fraction of sp³-hybridized carbons (Fsp3) is 0.785. The molecule has 2 nitrogen and oxygen atoms in total. The minimum Gasteiger partial charge on any atom is -0.378 e. The largest absolute Gasteiger partial charge is 0.378 e. The monoisotopic (exact) mass is 1370 g/mol. The number of ether oxygens (including phenoxy) is 1. The number of rotatable bonds is 1. The summed E-state index contributed by atoms with van der Waals surface area (Å²) in [5.41, 5.74) is 2.82. The minimum atomic E-state index is -2.81. The number of aryl methyl sites for hydroxylation is 2. The van der Waals surface area contributed by atoms with Crippen molar-refractivity contribution in [3.8, 4) is 82.9 Å². The van der Waals surface area contributed by atoms with Crippen molar-refractivity contribution >= 4 is 0 Å². The fourth-order valence-electron chi connectivity index (χ4n) is 15.0. The molecule has 1 aromatic carbocycles. The molecule has 0 N–H and O–H groups in total. The highest BCUT2D eigenvalue weighted by Crippen LogP contribution is 2.60. The van der Waals surface area contributed by atoms with Crippen molar-refractivity contribution in [1.82, 2.24) is 4.90 Å². The van der Waals surface area contributed by atoms with E-state index in [0.29, 0.717) is 48.3 Å². The predicted octanol–water partition coefficient (Wildman–Crippen LogP) is 25.3. The van der Waals surface area contributed by atoms with Crippen molar-refractivity contribution in [2.24, 2.45) is 73.9 Å². The molecule has 556 valence electrons.